The van der Waals surface area contributed by atoms with Gasteiger partial charge in [0, 0.05) is 13.1 Å². The molecule has 220 valence electrons. The molecule has 7 heteroatoms. The van der Waals surface area contributed by atoms with Crippen molar-refractivity contribution in [3.8, 4) is 0 Å². The summed E-state index contributed by atoms with van der Waals surface area (Å²) in [5.74, 6) is -0.568. The summed E-state index contributed by atoms with van der Waals surface area (Å²) in [6, 6.07) is 13.9. The van der Waals surface area contributed by atoms with Crippen LogP contribution < -0.4 is 10.6 Å². The van der Waals surface area contributed by atoms with E-state index >= 15 is 0 Å². The molecule has 0 aromatic heterocycles. The van der Waals surface area contributed by atoms with Crippen molar-refractivity contribution >= 4 is 17.9 Å². The minimum Gasteiger partial charge on any atom is -0.444 e. The molecular weight excluding hydrogens is 502 g/mol. The number of amides is 3. The fourth-order valence-electron chi connectivity index (χ4n) is 4.63. The smallest absolute Gasteiger partial charge is 0.408 e. The molecule has 2 N–H and O–H groups in total. The Bertz CT molecular complexity index is 1090. The van der Waals surface area contributed by atoms with Crippen molar-refractivity contribution in [1.29, 1.82) is 0 Å². The second-order valence-corrected chi connectivity index (χ2v) is 11.6. The van der Waals surface area contributed by atoms with Crippen LogP contribution in [0.25, 0.3) is 0 Å². The molecule has 0 radical (unpaired) electrons. The van der Waals surface area contributed by atoms with E-state index in [1.807, 2.05) is 62.4 Å². The maximum Gasteiger partial charge on any atom is 0.408 e. The van der Waals surface area contributed by atoms with Gasteiger partial charge in [-0.2, -0.15) is 0 Å². The van der Waals surface area contributed by atoms with E-state index in [4.69, 9.17) is 4.74 Å². The average Bonchev–Trinajstić information content (AvgIpc) is 2.89. The van der Waals surface area contributed by atoms with Gasteiger partial charge in [-0.1, -0.05) is 87.6 Å². The Labute approximate surface area is 241 Å². The van der Waals surface area contributed by atoms with Gasteiger partial charge in [0.05, 0.1) is 0 Å². The zero-order chi connectivity index (χ0) is 29.7. The van der Waals surface area contributed by atoms with Crippen molar-refractivity contribution in [2.24, 2.45) is 0 Å². The Hall–Kier alpha value is -3.35. The molecule has 0 heterocycles. The first kappa shape index (κ1) is 32.9. The van der Waals surface area contributed by atoms with Crippen molar-refractivity contribution in [3.05, 3.63) is 70.8 Å². The lowest BCUT2D eigenvalue weighted by Crippen LogP contribution is -2.52. The maximum atomic E-state index is 14.0. The highest BCUT2D eigenvalue weighted by Crippen LogP contribution is 2.28. The summed E-state index contributed by atoms with van der Waals surface area (Å²) in [6.45, 7) is 13.9. The Morgan fingerprint density at radius 1 is 0.900 bits per heavy atom. The van der Waals surface area contributed by atoms with Gasteiger partial charge in [0.2, 0.25) is 11.8 Å². The Kier molecular flexibility index (Phi) is 13.2. The van der Waals surface area contributed by atoms with Gasteiger partial charge in [-0.25, -0.2) is 4.79 Å². The van der Waals surface area contributed by atoms with Gasteiger partial charge in [-0.3, -0.25) is 9.59 Å². The highest BCUT2D eigenvalue weighted by atomic mass is 16.6. The van der Waals surface area contributed by atoms with E-state index in [-0.39, 0.29) is 11.8 Å². The Morgan fingerprint density at radius 3 is 2.20 bits per heavy atom. The third kappa shape index (κ3) is 10.7. The summed E-state index contributed by atoms with van der Waals surface area (Å²) in [5.41, 5.74) is 3.09. The molecule has 2 unspecified atom stereocenters. The second-order valence-electron chi connectivity index (χ2n) is 11.6. The van der Waals surface area contributed by atoms with Crippen molar-refractivity contribution in [1.82, 2.24) is 15.5 Å². The summed E-state index contributed by atoms with van der Waals surface area (Å²) in [6.07, 6.45) is 5.64. The molecule has 0 spiro atoms. The highest BCUT2D eigenvalue weighted by molar-refractivity contribution is 5.92. The van der Waals surface area contributed by atoms with Crippen LogP contribution in [0.5, 0.6) is 0 Å². The summed E-state index contributed by atoms with van der Waals surface area (Å²) >= 11 is 0. The number of unbranched alkanes of at least 4 members (excludes halogenated alkanes) is 5. The van der Waals surface area contributed by atoms with Crippen molar-refractivity contribution < 1.29 is 19.1 Å². The van der Waals surface area contributed by atoms with E-state index in [1.165, 1.54) is 6.42 Å². The van der Waals surface area contributed by atoms with Gasteiger partial charge in [-0.05, 0) is 70.2 Å². The molecular formula is C33H49N3O4. The summed E-state index contributed by atoms with van der Waals surface area (Å²) in [5, 5.41) is 5.74. The molecule has 2 aromatic rings. The van der Waals surface area contributed by atoms with E-state index in [0.29, 0.717) is 13.1 Å². The summed E-state index contributed by atoms with van der Waals surface area (Å²) in [7, 11) is 0. The normalized spacial score (nSPS) is 12.8. The van der Waals surface area contributed by atoms with Crippen molar-refractivity contribution in [2.75, 3.05) is 6.54 Å². The number of rotatable bonds is 14. The van der Waals surface area contributed by atoms with Gasteiger partial charge < -0.3 is 20.3 Å². The van der Waals surface area contributed by atoms with Crippen LogP contribution in [0.2, 0.25) is 0 Å². The number of aryl methyl sites for hydroxylation is 1. The number of ether oxygens (including phenoxy) is 1. The fraction of sp³-hybridized carbons (Fsp3) is 0.545. The lowest BCUT2D eigenvalue weighted by atomic mass is 9.94. The van der Waals surface area contributed by atoms with Crippen LogP contribution in [0.3, 0.4) is 0 Å². The molecule has 0 saturated heterocycles. The Morgan fingerprint density at radius 2 is 1.55 bits per heavy atom. The maximum absolute atomic E-state index is 14.0. The van der Waals surface area contributed by atoms with Crippen molar-refractivity contribution in [2.45, 2.75) is 111 Å². The number of hydrogen-bond acceptors (Lipinski definition) is 4. The van der Waals surface area contributed by atoms with Crippen LogP contribution in [-0.2, 0) is 20.9 Å². The van der Waals surface area contributed by atoms with Crippen LogP contribution in [0.4, 0.5) is 4.79 Å². The molecule has 2 rings (SSSR count). The predicted octanol–water partition coefficient (Wildman–Crippen LogP) is 6.76. The lowest BCUT2D eigenvalue weighted by molar-refractivity contribution is -0.142. The highest BCUT2D eigenvalue weighted by Gasteiger charge is 2.35. The van der Waals surface area contributed by atoms with Gasteiger partial charge in [-0.15, -0.1) is 0 Å². The van der Waals surface area contributed by atoms with Crippen LogP contribution in [-0.4, -0.2) is 41.0 Å². The van der Waals surface area contributed by atoms with Gasteiger partial charge in [0.15, 0.2) is 0 Å². The van der Waals surface area contributed by atoms with Crippen LogP contribution in [0.1, 0.15) is 101 Å². The number of hydrogen-bond donors (Lipinski definition) is 2. The first-order valence-electron chi connectivity index (χ1n) is 14.6. The van der Waals surface area contributed by atoms with Gasteiger partial charge in [0.1, 0.15) is 17.7 Å². The average molecular weight is 552 g/mol. The number of alkyl carbamates (subject to hydrolysis) is 1. The quantitative estimate of drug-likeness (QED) is 0.254. The van der Waals surface area contributed by atoms with E-state index in [0.717, 1.165) is 54.4 Å². The molecule has 40 heavy (non-hydrogen) atoms. The lowest BCUT2D eigenvalue weighted by Gasteiger charge is -2.34. The number of nitrogens with zero attached hydrogens (tertiary/aromatic N) is 1. The number of carbonyl (C=O) groups is 3. The molecule has 0 saturated carbocycles. The molecule has 0 bridgehead atoms. The number of nitrogens with one attached hydrogen (secondary N) is 2. The molecule has 0 fully saturated rings. The summed E-state index contributed by atoms with van der Waals surface area (Å²) in [4.78, 5) is 42.0. The first-order valence-corrected chi connectivity index (χ1v) is 14.6. The largest absolute Gasteiger partial charge is 0.444 e. The monoisotopic (exact) mass is 551 g/mol. The van der Waals surface area contributed by atoms with Gasteiger partial charge >= 0.3 is 6.09 Å². The zero-order valence-corrected chi connectivity index (χ0v) is 25.5. The van der Waals surface area contributed by atoms with Gasteiger partial charge in [0.25, 0.3) is 0 Å². The second kappa shape index (κ2) is 16.0. The topological polar surface area (TPSA) is 87.7 Å². The van der Waals surface area contributed by atoms with E-state index in [1.54, 1.807) is 32.6 Å². The number of benzene rings is 2. The van der Waals surface area contributed by atoms with Crippen molar-refractivity contribution in [3.63, 3.8) is 0 Å². The minimum absolute atomic E-state index is 0.249. The van der Waals surface area contributed by atoms with Crippen LogP contribution >= 0.6 is 0 Å². The molecule has 2 aromatic carbocycles. The van der Waals surface area contributed by atoms with E-state index in [9.17, 15) is 14.4 Å². The molecule has 2 atom stereocenters. The third-order valence-electron chi connectivity index (χ3n) is 6.95. The zero-order valence-electron chi connectivity index (χ0n) is 25.5. The molecule has 3 amide bonds. The fourth-order valence-corrected chi connectivity index (χ4v) is 4.63. The molecule has 0 aliphatic carbocycles. The van der Waals surface area contributed by atoms with Crippen LogP contribution in [0, 0.1) is 13.8 Å². The molecule has 0 aliphatic rings. The minimum atomic E-state index is -0.871. The van der Waals surface area contributed by atoms with E-state index in [2.05, 4.69) is 17.6 Å². The summed E-state index contributed by atoms with van der Waals surface area (Å²) < 4.78 is 5.39. The first-order chi connectivity index (χ1) is 18.9. The van der Waals surface area contributed by atoms with Crippen LogP contribution in [0.15, 0.2) is 48.5 Å². The predicted molar refractivity (Wildman–Crippen MR) is 161 cm³/mol. The molecule has 7 nitrogen and oxygen atoms in total. The standard InChI is InChI=1S/C33H49N3O4/c1-8-9-10-11-12-16-22-36(31(38)26(4)35-32(39)40-33(5,6)7)29(28-21-17-18-24(2)25(28)3)30(37)34-23-27-19-14-13-15-20-27/h13-15,17-21,26,29H,8-12,16,22-23H2,1-7H3,(H,34,37)(H,35,39). The SMILES string of the molecule is CCCCCCCCN(C(=O)C(C)NC(=O)OC(C)(C)C)C(C(=O)NCc1ccccc1)c1cccc(C)c1C. The third-order valence-corrected chi connectivity index (χ3v) is 6.95. The Balaban J connectivity index is 2.39. The number of carbonyl (C=O) groups excluding carboxylic acids is 3. The molecule has 0 aliphatic heterocycles. The van der Waals surface area contributed by atoms with E-state index < -0.39 is 23.8 Å².